The minimum Gasteiger partial charge on any atom is -0.462 e. The summed E-state index contributed by atoms with van der Waals surface area (Å²) in [5.41, 5.74) is 0. The van der Waals surface area contributed by atoms with Gasteiger partial charge in [-0.1, -0.05) is 6.92 Å². The van der Waals surface area contributed by atoms with Crippen LogP contribution in [0.15, 0.2) is 12.3 Å². The molecule has 0 amide bonds. The van der Waals surface area contributed by atoms with Crippen LogP contribution in [0.1, 0.15) is 34.1 Å². The lowest BCUT2D eigenvalue weighted by molar-refractivity contribution is -0.874. The number of nitrogens with zero attached hydrogens (tertiary/aromatic N) is 1. The van der Waals surface area contributed by atoms with E-state index in [1.165, 1.54) is 0 Å². The first-order valence-corrected chi connectivity index (χ1v) is 5.85. The normalized spacial score (nSPS) is 12.0. The van der Waals surface area contributed by atoms with Gasteiger partial charge in [-0.25, -0.2) is 4.79 Å². The van der Waals surface area contributed by atoms with Gasteiger partial charge in [0.25, 0.3) is 0 Å². The first-order chi connectivity index (χ1) is 7.14. The lowest BCUT2D eigenvalue weighted by Gasteiger charge is -2.31. The molecule has 0 aliphatic rings. The molecule has 0 aromatic rings. The molecule has 0 saturated heterocycles. The Labute approximate surface area is 93.3 Å². The van der Waals surface area contributed by atoms with Gasteiger partial charge in [0.1, 0.15) is 6.20 Å². The van der Waals surface area contributed by atoms with Crippen molar-refractivity contribution >= 4 is 5.97 Å². The predicted molar refractivity (Wildman–Crippen MR) is 62.3 cm³/mol. The molecule has 3 nitrogen and oxygen atoms in total. The van der Waals surface area contributed by atoms with Gasteiger partial charge in [0.05, 0.1) is 32.3 Å². The van der Waals surface area contributed by atoms with E-state index < -0.39 is 0 Å². The quantitative estimate of drug-likeness (QED) is 0.369. The Morgan fingerprint density at radius 2 is 1.67 bits per heavy atom. The molecule has 0 radical (unpaired) electrons. The third-order valence-corrected chi connectivity index (χ3v) is 2.86. The minimum absolute atomic E-state index is 0.227. The molecule has 0 aliphatic carbocycles. The summed E-state index contributed by atoms with van der Waals surface area (Å²) in [6.07, 6.45) is 4.39. The first-order valence-electron chi connectivity index (χ1n) is 5.85. The van der Waals surface area contributed by atoms with Crippen LogP contribution in [0.25, 0.3) is 0 Å². The van der Waals surface area contributed by atoms with Gasteiger partial charge in [-0.15, -0.1) is 0 Å². The van der Waals surface area contributed by atoms with E-state index in [-0.39, 0.29) is 5.97 Å². The molecule has 0 saturated carbocycles. The maximum absolute atomic E-state index is 11.3. The Kier molecular flexibility index (Phi) is 7.05. The van der Waals surface area contributed by atoms with Gasteiger partial charge in [-0.05, 0) is 27.2 Å². The summed E-state index contributed by atoms with van der Waals surface area (Å²) >= 11 is 0. The van der Waals surface area contributed by atoms with E-state index in [1.54, 1.807) is 6.08 Å². The highest BCUT2D eigenvalue weighted by atomic mass is 16.5. The standard InChI is InChI=1S/C12H24NO2/c1-5-11-15-12(14)9-10-13(6-2,7-3)8-4/h9-10H,5-8,11H2,1-4H3/q+1/b10-9+. The molecule has 0 unspecified atom stereocenters. The number of carbonyl (C=O) groups excluding carboxylic acids is 1. The zero-order valence-corrected chi connectivity index (χ0v) is 10.5. The van der Waals surface area contributed by atoms with Crippen LogP contribution >= 0.6 is 0 Å². The molecule has 0 aromatic carbocycles. The van der Waals surface area contributed by atoms with E-state index in [1.807, 2.05) is 13.1 Å². The number of ether oxygens (including phenoxy) is 1. The number of esters is 1. The maximum atomic E-state index is 11.3. The Bertz CT molecular complexity index is 199. The Balaban J connectivity index is 4.26. The van der Waals surface area contributed by atoms with E-state index in [0.29, 0.717) is 6.61 Å². The van der Waals surface area contributed by atoms with Crippen molar-refractivity contribution < 1.29 is 14.0 Å². The Hall–Kier alpha value is -0.830. The summed E-state index contributed by atoms with van der Waals surface area (Å²) in [6, 6.07) is 0. The monoisotopic (exact) mass is 214 g/mol. The van der Waals surface area contributed by atoms with Crippen molar-refractivity contribution in [1.82, 2.24) is 0 Å². The predicted octanol–water partition coefficient (Wildman–Crippen LogP) is 2.33. The maximum Gasteiger partial charge on any atom is 0.336 e. The highest BCUT2D eigenvalue weighted by molar-refractivity contribution is 5.81. The molecule has 0 fully saturated rings. The topological polar surface area (TPSA) is 26.3 Å². The molecule has 0 bridgehead atoms. The van der Waals surface area contributed by atoms with Gasteiger partial charge in [0.15, 0.2) is 0 Å². The highest BCUT2D eigenvalue weighted by Gasteiger charge is 2.17. The van der Waals surface area contributed by atoms with Crippen molar-refractivity contribution in [3.8, 4) is 0 Å². The molecule has 0 aliphatic heterocycles. The minimum atomic E-state index is -0.227. The average molecular weight is 214 g/mol. The van der Waals surface area contributed by atoms with Crippen molar-refractivity contribution in [2.75, 3.05) is 26.2 Å². The van der Waals surface area contributed by atoms with Gasteiger partial charge >= 0.3 is 5.97 Å². The summed E-state index contributed by atoms with van der Waals surface area (Å²) in [7, 11) is 0. The lowest BCUT2D eigenvalue weighted by atomic mass is 10.3. The first kappa shape index (κ1) is 14.2. The number of hydrogen-bond acceptors (Lipinski definition) is 2. The van der Waals surface area contributed by atoms with Crippen LogP contribution < -0.4 is 0 Å². The van der Waals surface area contributed by atoms with E-state index in [0.717, 1.165) is 30.5 Å². The van der Waals surface area contributed by atoms with Gasteiger partial charge in [0.2, 0.25) is 0 Å². The van der Waals surface area contributed by atoms with Crippen LogP contribution in [0, 0.1) is 0 Å². The van der Waals surface area contributed by atoms with Crippen molar-refractivity contribution in [2.24, 2.45) is 0 Å². The fourth-order valence-corrected chi connectivity index (χ4v) is 1.46. The van der Waals surface area contributed by atoms with Gasteiger partial charge in [-0.2, -0.15) is 0 Å². The third-order valence-electron chi connectivity index (χ3n) is 2.86. The number of hydrogen-bond donors (Lipinski definition) is 0. The molecule has 0 heterocycles. The van der Waals surface area contributed by atoms with Crippen LogP contribution in [-0.2, 0) is 9.53 Å². The summed E-state index contributed by atoms with van der Waals surface area (Å²) in [5, 5.41) is 0. The summed E-state index contributed by atoms with van der Waals surface area (Å²) < 4.78 is 5.82. The summed E-state index contributed by atoms with van der Waals surface area (Å²) in [5.74, 6) is -0.227. The Morgan fingerprint density at radius 3 is 2.07 bits per heavy atom. The van der Waals surface area contributed by atoms with Gasteiger partial charge in [-0.3, -0.25) is 4.48 Å². The van der Waals surface area contributed by atoms with Crippen molar-refractivity contribution in [3.05, 3.63) is 12.3 Å². The second-order valence-corrected chi connectivity index (χ2v) is 3.65. The lowest BCUT2D eigenvalue weighted by Crippen LogP contribution is -2.42. The second-order valence-electron chi connectivity index (χ2n) is 3.65. The summed E-state index contributed by atoms with van der Waals surface area (Å²) in [6.45, 7) is 11.9. The fraction of sp³-hybridized carbons (Fsp3) is 0.750. The molecule has 0 spiro atoms. The molecule has 0 rings (SSSR count). The van der Waals surface area contributed by atoms with Crippen LogP contribution in [0.3, 0.4) is 0 Å². The molecule has 15 heavy (non-hydrogen) atoms. The number of carbonyl (C=O) groups is 1. The van der Waals surface area contributed by atoms with Crippen molar-refractivity contribution in [3.63, 3.8) is 0 Å². The van der Waals surface area contributed by atoms with E-state index in [9.17, 15) is 4.79 Å². The zero-order chi connectivity index (χ0) is 11.7. The number of rotatable bonds is 7. The molecule has 0 aromatic heterocycles. The molecular formula is C12H24NO2+. The fourth-order valence-electron chi connectivity index (χ4n) is 1.46. The van der Waals surface area contributed by atoms with E-state index in [2.05, 4.69) is 20.8 Å². The highest BCUT2D eigenvalue weighted by Crippen LogP contribution is 2.06. The molecule has 3 heteroatoms. The summed E-state index contributed by atoms with van der Waals surface area (Å²) in [4.78, 5) is 11.3. The third kappa shape index (κ3) is 4.98. The van der Waals surface area contributed by atoms with Crippen LogP contribution in [-0.4, -0.2) is 36.7 Å². The van der Waals surface area contributed by atoms with Crippen LogP contribution in [0.2, 0.25) is 0 Å². The van der Waals surface area contributed by atoms with Crippen LogP contribution in [0.5, 0.6) is 0 Å². The number of quaternary nitrogens is 1. The van der Waals surface area contributed by atoms with Gasteiger partial charge in [0, 0.05) is 0 Å². The Morgan fingerprint density at radius 1 is 1.13 bits per heavy atom. The SMILES string of the molecule is CCCOC(=O)/C=C/[N+](CC)(CC)CC. The van der Waals surface area contributed by atoms with Crippen molar-refractivity contribution in [2.45, 2.75) is 34.1 Å². The van der Waals surface area contributed by atoms with Crippen LogP contribution in [0.4, 0.5) is 0 Å². The molecule has 88 valence electrons. The zero-order valence-electron chi connectivity index (χ0n) is 10.5. The van der Waals surface area contributed by atoms with Gasteiger partial charge < -0.3 is 4.74 Å². The second kappa shape index (κ2) is 7.46. The molecule has 0 N–H and O–H groups in total. The molecule has 0 atom stereocenters. The van der Waals surface area contributed by atoms with E-state index >= 15 is 0 Å². The molecular weight excluding hydrogens is 190 g/mol. The smallest absolute Gasteiger partial charge is 0.336 e. The van der Waals surface area contributed by atoms with Crippen molar-refractivity contribution in [1.29, 1.82) is 0 Å². The van der Waals surface area contributed by atoms with E-state index in [4.69, 9.17) is 4.74 Å². The largest absolute Gasteiger partial charge is 0.462 e. The average Bonchev–Trinajstić information content (AvgIpc) is 2.29.